The van der Waals surface area contributed by atoms with Crippen LogP contribution in [0.4, 0.5) is 0 Å². The average Bonchev–Trinajstić information content (AvgIpc) is 3.31. The molecule has 10 heteroatoms. The quantitative estimate of drug-likeness (QED) is 0.438. The molecule has 182 valence electrons. The maximum Gasteiger partial charge on any atom is 0.222 e. The van der Waals surface area contributed by atoms with Gasteiger partial charge in [-0.05, 0) is 45.2 Å². The molecule has 0 saturated carbocycles. The third-order valence-corrected chi connectivity index (χ3v) is 7.47. The number of nitrogens with zero attached hydrogens (tertiary/aromatic N) is 5. The molecule has 0 radical (unpaired) electrons. The Kier molecular flexibility index (Phi) is 7.47. The summed E-state index contributed by atoms with van der Waals surface area (Å²) in [7, 11) is 1.81. The smallest absolute Gasteiger partial charge is 0.222 e. The summed E-state index contributed by atoms with van der Waals surface area (Å²) in [5, 5.41) is 16.5. The van der Waals surface area contributed by atoms with Gasteiger partial charge in [-0.1, -0.05) is 23.7 Å². The highest BCUT2D eigenvalue weighted by molar-refractivity contribution is 7.15. The number of benzene rings is 1. The van der Waals surface area contributed by atoms with Crippen molar-refractivity contribution >= 4 is 41.3 Å². The van der Waals surface area contributed by atoms with Crippen LogP contribution in [0.25, 0.3) is 5.00 Å². The molecule has 0 spiro atoms. The molecule has 0 aliphatic carbocycles. The van der Waals surface area contributed by atoms with Crippen LogP contribution in [0.3, 0.4) is 0 Å². The first-order chi connectivity index (χ1) is 16.8. The maximum atomic E-state index is 13.0. The fourth-order valence-corrected chi connectivity index (χ4v) is 5.42. The van der Waals surface area contributed by atoms with Gasteiger partial charge in [0.2, 0.25) is 5.91 Å². The number of halogens is 1. The molecule has 1 aliphatic rings. The molecule has 2 aromatic heterocycles. The van der Waals surface area contributed by atoms with E-state index in [2.05, 4.69) is 46.4 Å². The van der Waals surface area contributed by atoms with Crippen molar-refractivity contribution in [2.24, 2.45) is 9.98 Å². The number of carbonyl (C=O) groups excluding carboxylic acids is 1. The van der Waals surface area contributed by atoms with E-state index in [4.69, 9.17) is 16.6 Å². The van der Waals surface area contributed by atoms with Gasteiger partial charge in [-0.15, -0.1) is 21.5 Å². The van der Waals surface area contributed by atoms with Crippen molar-refractivity contribution in [3.8, 4) is 5.00 Å². The van der Waals surface area contributed by atoms with Gasteiger partial charge in [-0.25, -0.2) is 0 Å². The fraction of sp³-hybridized carbons (Fsp3) is 0.320. The van der Waals surface area contributed by atoms with Crippen LogP contribution in [0, 0.1) is 20.8 Å². The Morgan fingerprint density at radius 2 is 2.00 bits per heavy atom. The minimum atomic E-state index is -0.490. The summed E-state index contributed by atoms with van der Waals surface area (Å²) in [4.78, 5) is 23.1. The first-order valence-corrected chi connectivity index (χ1v) is 12.5. The van der Waals surface area contributed by atoms with Crippen molar-refractivity contribution < 1.29 is 4.79 Å². The van der Waals surface area contributed by atoms with Crippen molar-refractivity contribution in [3.63, 3.8) is 0 Å². The Morgan fingerprint density at radius 3 is 2.69 bits per heavy atom. The molecule has 8 nitrogen and oxygen atoms in total. The van der Waals surface area contributed by atoms with Crippen LogP contribution in [0.5, 0.6) is 0 Å². The summed E-state index contributed by atoms with van der Waals surface area (Å²) in [5.41, 5.74) is 4.87. The summed E-state index contributed by atoms with van der Waals surface area (Å²) < 4.78 is 2.04. The molecule has 0 fully saturated rings. The molecular formula is C25H28ClN7OS. The SMILES string of the molecule is C=N/C=C(/CCNC(=O)C[C@@H]1N=C(c2ccc(Cl)cc2)c2c(sc(C)c2C)-n2c(C)nnc21)NC. The van der Waals surface area contributed by atoms with Gasteiger partial charge >= 0.3 is 0 Å². The second-order valence-corrected chi connectivity index (χ2v) is 9.94. The summed E-state index contributed by atoms with van der Waals surface area (Å²) >= 11 is 7.85. The monoisotopic (exact) mass is 509 g/mol. The number of hydrogen-bond donors (Lipinski definition) is 2. The Labute approximate surface area is 213 Å². The van der Waals surface area contributed by atoms with Crippen LogP contribution in [0.1, 0.15) is 52.1 Å². The molecule has 1 atom stereocenters. The Balaban J connectivity index is 1.71. The summed E-state index contributed by atoms with van der Waals surface area (Å²) in [6, 6.07) is 7.16. The summed E-state index contributed by atoms with van der Waals surface area (Å²) in [6.45, 7) is 10.1. The largest absolute Gasteiger partial charge is 0.390 e. The minimum Gasteiger partial charge on any atom is -0.390 e. The number of nitrogens with one attached hydrogen (secondary N) is 2. The zero-order valence-corrected chi connectivity index (χ0v) is 21.8. The lowest BCUT2D eigenvalue weighted by molar-refractivity contribution is -0.121. The number of carbonyl (C=O) groups is 1. The van der Waals surface area contributed by atoms with Crippen molar-refractivity contribution in [3.05, 3.63) is 74.4 Å². The van der Waals surface area contributed by atoms with E-state index in [0.717, 1.165) is 38.9 Å². The van der Waals surface area contributed by atoms with Crippen molar-refractivity contribution in [1.29, 1.82) is 0 Å². The number of thiophene rings is 1. The number of aliphatic imine (C=N–C) groups is 2. The third-order valence-electron chi connectivity index (χ3n) is 6.02. The zero-order valence-electron chi connectivity index (χ0n) is 20.2. The van der Waals surface area contributed by atoms with Crippen LogP contribution >= 0.6 is 22.9 Å². The molecule has 0 unspecified atom stereocenters. The second kappa shape index (κ2) is 10.5. The number of aryl methyl sites for hydroxylation is 2. The highest BCUT2D eigenvalue weighted by Crippen LogP contribution is 2.39. The predicted molar refractivity (Wildman–Crippen MR) is 142 cm³/mol. The Morgan fingerprint density at radius 1 is 1.26 bits per heavy atom. The molecule has 0 saturated heterocycles. The topological polar surface area (TPSA) is 96.6 Å². The molecule has 35 heavy (non-hydrogen) atoms. The van der Waals surface area contributed by atoms with Gasteiger partial charge in [0, 0.05) is 52.9 Å². The highest BCUT2D eigenvalue weighted by Gasteiger charge is 2.32. The van der Waals surface area contributed by atoms with Crippen LogP contribution in [-0.2, 0) is 4.79 Å². The Hall–Kier alpha value is -3.30. The summed E-state index contributed by atoms with van der Waals surface area (Å²) in [6.07, 6.45) is 2.42. The Bertz CT molecular complexity index is 1320. The van der Waals surface area contributed by atoms with E-state index < -0.39 is 6.04 Å². The first-order valence-electron chi connectivity index (χ1n) is 11.3. The van der Waals surface area contributed by atoms with E-state index in [1.807, 2.05) is 42.8 Å². The highest BCUT2D eigenvalue weighted by atomic mass is 35.5. The molecule has 1 aromatic carbocycles. The number of rotatable bonds is 8. The number of amides is 1. The van der Waals surface area contributed by atoms with E-state index in [-0.39, 0.29) is 12.3 Å². The van der Waals surface area contributed by atoms with E-state index in [0.29, 0.717) is 23.8 Å². The van der Waals surface area contributed by atoms with E-state index in [9.17, 15) is 4.79 Å². The molecule has 3 aromatic rings. The molecule has 2 N–H and O–H groups in total. The normalized spacial score (nSPS) is 15.1. The number of aromatic nitrogens is 3. The van der Waals surface area contributed by atoms with E-state index in [1.54, 1.807) is 17.5 Å². The molecule has 4 rings (SSSR count). The lowest BCUT2D eigenvalue weighted by Crippen LogP contribution is -2.27. The maximum absolute atomic E-state index is 13.0. The molecule has 1 aliphatic heterocycles. The molecule has 0 bridgehead atoms. The van der Waals surface area contributed by atoms with Gasteiger partial charge in [0.1, 0.15) is 16.9 Å². The standard InChI is InChI=1S/C25H28ClN7OS/c1-14-15(2)35-25-22(14)23(17-6-8-18(26)9-7-17)30-20(24-32-31-16(3)33(24)25)12-21(34)29-11-10-19(28-5)13-27-4/h6-9,13,20,28H,4,10-12H2,1-3,5H3,(H,29,34)/b19-13-/t20-/m0/s1. The van der Waals surface area contributed by atoms with Crippen LogP contribution in [0.15, 0.2) is 46.1 Å². The molecular weight excluding hydrogens is 482 g/mol. The van der Waals surface area contributed by atoms with Gasteiger partial charge in [-0.3, -0.25) is 19.3 Å². The number of fused-ring (bicyclic) bond motifs is 3. The average molecular weight is 510 g/mol. The van der Waals surface area contributed by atoms with Crippen molar-refractivity contribution in [2.75, 3.05) is 13.6 Å². The number of hydrogen-bond acceptors (Lipinski definition) is 7. The first kappa shape index (κ1) is 24.8. The van der Waals surface area contributed by atoms with Crippen molar-refractivity contribution in [2.45, 2.75) is 39.7 Å². The summed E-state index contributed by atoms with van der Waals surface area (Å²) in [5.74, 6) is 1.32. The van der Waals surface area contributed by atoms with Gasteiger partial charge in [0.15, 0.2) is 5.82 Å². The zero-order chi connectivity index (χ0) is 25.1. The fourth-order valence-electron chi connectivity index (χ4n) is 4.08. The third kappa shape index (κ3) is 5.06. The van der Waals surface area contributed by atoms with Gasteiger partial charge in [0.25, 0.3) is 0 Å². The molecule has 1 amide bonds. The predicted octanol–water partition coefficient (Wildman–Crippen LogP) is 4.46. The lowest BCUT2D eigenvalue weighted by atomic mass is 9.99. The minimum absolute atomic E-state index is 0.110. The van der Waals surface area contributed by atoms with Gasteiger partial charge < -0.3 is 10.6 Å². The second-order valence-electron chi connectivity index (χ2n) is 8.30. The van der Waals surface area contributed by atoms with Crippen LogP contribution in [0.2, 0.25) is 5.02 Å². The van der Waals surface area contributed by atoms with E-state index >= 15 is 0 Å². The van der Waals surface area contributed by atoms with Gasteiger partial charge in [0.05, 0.1) is 12.1 Å². The van der Waals surface area contributed by atoms with Gasteiger partial charge in [-0.2, -0.15) is 0 Å². The van der Waals surface area contributed by atoms with Crippen LogP contribution < -0.4 is 10.6 Å². The van der Waals surface area contributed by atoms with E-state index in [1.165, 1.54) is 4.88 Å². The van der Waals surface area contributed by atoms with Crippen molar-refractivity contribution in [1.82, 2.24) is 25.4 Å². The molecule has 3 heterocycles. The van der Waals surface area contributed by atoms with Crippen LogP contribution in [-0.4, -0.2) is 46.7 Å². The lowest BCUT2D eigenvalue weighted by Gasteiger charge is -2.13.